The summed E-state index contributed by atoms with van der Waals surface area (Å²) in [7, 11) is 1.34. The molecule has 4 nitrogen and oxygen atoms in total. The lowest BCUT2D eigenvalue weighted by Gasteiger charge is -2.10. The number of nitrogen functional groups attached to an aromatic ring is 1. The molecule has 0 fully saturated rings. The van der Waals surface area contributed by atoms with E-state index < -0.39 is 5.97 Å². The van der Waals surface area contributed by atoms with E-state index in [-0.39, 0.29) is 0 Å². The third kappa shape index (κ3) is 2.76. The minimum atomic E-state index is -0.473. The number of nitrogens with zero attached hydrogens (tertiary/aromatic N) is 1. The molecule has 0 unspecified atom stereocenters. The number of hydrogen-bond acceptors (Lipinski definition) is 3. The summed E-state index contributed by atoms with van der Waals surface area (Å²) in [6.07, 6.45) is 0. The molecule has 0 aliphatic carbocycles. The number of hydrogen-bond donors (Lipinski definition) is 1. The quantitative estimate of drug-likeness (QED) is 0.715. The van der Waals surface area contributed by atoms with Crippen LogP contribution in [0.1, 0.15) is 16.1 Å². The third-order valence-electron chi connectivity index (χ3n) is 3.71. The Balaban J connectivity index is 2.18. The Morgan fingerprint density at radius 3 is 2.61 bits per heavy atom. The average Bonchev–Trinajstić information content (AvgIpc) is 2.83. The van der Waals surface area contributed by atoms with Gasteiger partial charge in [-0.15, -0.1) is 0 Å². The molecule has 6 heteroatoms. The second-order valence-electron chi connectivity index (χ2n) is 5.11. The van der Waals surface area contributed by atoms with Crippen molar-refractivity contribution in [2.45, 2.75) is 6.54 Å². The van der Waals surface area contributed by atoms with Gasteiger partial charge in [0.25, 0.3) is 0 Å². The van der Waals surface area contributed by atoms with E-state index >= 15 is 0 Å². The molecule has 0 amide bonds. The second kappa shape index (κ2) is 6.14. The lowest BCUT2D eigenvalue weighted by molar-refractivity contribution is 0.0591. The Bertz CT molecular complexity index is 903. The zero-order valence-electron chi connectivity index (χ0n) is 12.3. The fraction of sp³-hybridized carbons (Fsp3) is 0.118. The summed E-state index contributed by atoms with van der Waals surface area (Å²) in [5, 5.41) is 1.77. The summed E-state index contributed by atoms with van der Waals surface area (Å²) in [5.74, 6) is -0.473. The SMILES string of the molecule is COC(=O)c1c(N)c2ccccc2n1Cc1ccc(Cl)c(Cl)c1. The van der Waals surface area contributed by atoms with Gasteiger partial charge in [-0.25, -0.2) is 4.79 Å². The molecule has 0 spiro atoms. The zero-order chi connectivity index (χ0) is 16.6. The number of para-hydroxylation sites is 1. The number of fused-ring (bicyclic) bond motifs is 1. The maximum Gasteiger partial charge on any atom is 0.356 e. The van der Waals surface area contributed by atoms with Gasteiger partial charge in [0, 0.05) is 11.9 Å². The summed E-state index contributed by atoms with van der Waals surface area (Å²) >= 11 is 12.0. The predicted octanol–water partition coefficient (Wildman–Crippen LogP) is 4.37. The van der Waals surface area contributed by atoms with Crippen LogP contribution in [0.3, 0.4) is 0 Å². The number of esters is 1. The molecule has 1 heterocycles. The van der Waals surface area contributed by atoms with Crippen LogP contribution in [0.25, 0.3) is 10.9 Å². The first-order valence-corrected chi connectivity index (χ1v) is 7.67. The van der Waals surface area contributed by atoms with Crippen LogP contribution in [-0.4, -0.2) is 17.6 Å². The van der Waals surface area contributed by atoms with Gasteiger partial charge in [-0.2, -0.15) is 0 Å². The molecule has 2 aromatic carbocycles. The highest BCUT2D eigenvalue weighted by molar-refractivity contribution is 6.42. The smallest absolute Gasteiger partial charge is 0.356 e. The number of anilines is 1. The Labute approximate surface area is 143 Å². The van der Waals surface area contributed by atoms with Crippen LogP contribution in [0.4, 0.5) is 5.69 Å². The van der Waals surface area contributed by atoms with E-state index in [4.69, 9.17) is 33.7 Å². The summed E-state index contributed by atoms with van der Waals surface area (Å²) in [6, 6.07) is 12.9. The Morgan fingerprint density at radius 1 is 1.17 bits per heavy atom. The van der Waals surface area contributed by atoms with Crippen LogP contribution in [0.2, 0.25) is 10.0 Å². The fourth-order valence-electron chi connectivity index (χ4n) is 2.63. The summed E-state index contributed by atoms with van der Waals surface area (Å²) in [5.41, 5.74) is 8.66. The average molecular weight is 349 g/mol. The first-order valence-electron chi connectivity index (χ1n) is 6.92. The number of carbonyl (C=O) groups is 1. The van der Waals surface area contributed by atoms with Gasteiger partial charge in [0.1, 0.15) is 0 Å². The first-order chi connectivity index (χ1) is 11.0. The van der Waals surface area contributed by atoms with Gasteiger partial charge >= 0.3 is 5.97 Å². The van der Waals surface area contributed by atoms with E-state index in [2.05, 4.69) is 0 Å². The lowest BCUT2D eigenvalue weighted by Crippen LogP contribution is -2.13. The van der Waals surface area contributed by atoms with Crippen LogP contribution in [-0.2, 0) is 11.3 Å². The van der Waals surface area contributed by atoms with Crippen molar-refractivity contribution in [1.82, 2.24) is 4.57 Å². The molecule has 0 saturated carbocycles. The monoisotopic (exact) mass is 348 g/mol. The van der Waals surface area contributed by atoms with Gasteiger partial charge in [-0.05, 0) is 23.8 Å². The molecule has 3 aromatic rings. The first kappa shape index (κ1) is 15.7. The minimum Gasteiger partial charge on any atom is -0.464 e. The Hall–Kier alpha value is -2.17. The van der Waals surface area contributed by atoms with E-state index in [1.165, 1.54) is 7.11 Å². The van der Waals surface area contributed by atoms with Gasteiger partial charge in [0.2, 0.25) is 0 Å². The highest BCUT2D eigenvalue weighted by Gasteiger charge is 2.21. The number of ether oxygens (including phenoxy) is 1. The normalized spacial score (nSPS) is 10.9. The largest absolute Gasteiger partial charge is 0.464 e. The molecule has 3 rings (SSSR count). The van der Waals surface area contributed by atoms with Gasteiger partial charge in [0.15, 0.2) is 5.69 Å². The van der Waals surface area contributed by atoms with Crippen molar-refractivity contribution in [3.8, 4) is 0 Å². The molecule has 0 aliphatic rings. The van der Waals surface area contributed by atoms with Crippen LogP contribution < -0.4 is 5.73 Å². The Kier molecular flexibility index (Phi) is 4.20. The standard InChI is InChI=1S/C17H14Cl2N2O2/c1-23-17(22)16-15(20)11-4-2-3-5-14(11)21(16)9-10-6-7-12(18)13(19)8-10/h2-8H,9,20H2,1H3. The molecule has 23 heavy (non-hydrogen) atoms. The lowest BCUT2D eigenvalue weighted by atomic mass is 10.2. The van der Waals surface area contributed by atoms with E-state index in [0.29, 0.717) is 28.0 Å². The van der Waals surface area contributed by atoms with Crippen LogP contribution in [0, 0.1) is 0 Å². The number of rotatable bonds is 3. The van der Waals surface area contributed by atoms with E-state index in [0.717, 1.165) is 16.5 Å². The number of aromatic nitrogens is 1. The maximum atomic E-state index is 12.2. The van der Waals surface area contributed by atoms with Crippen molar-refractivity contribution in [2.75, 3.05) is 12.8 Å². The number of nitrogens with two attached hydrogens (primary N) is 1. The number of benzene rings is 2. The molecule has 0 atom stereocenters. The van der Waals surface area contributed by atoms with Crippen LogP contribution >= 0.6 is 23.2 Å². The fourth-order valence-corrected chi connectivity index (χ4v) is 2.95. The summed E-state index contributed by atoms with van der Waals surface area (Å²) in [4.78, 5) is 12.2. The number of carbonyl (C=O) groups excluding carboxylic acids is 1. The molecule has 0 aliphatic heterocycles. The van der Waals surface area contributed by atoms with E-state index in [1.54, 1.807) is 12.1 Å². The number of methoxy groups -OCH3 is 1. The number of halogens is 2. The minimum absolute atomic E-state index is 0.333. The van der Waals surface area contributed by atoms with Crippen molar-refractivity contribution in [3.63, 3.8) is 0 Å². The zero-order valence-corrected chi connectivity index (χ0v) is 13.9. The molecule has 2 N–H and O–H groups in total. The highest BCUT2D eigenvalue weighted by Crippen LogP contribution is 2.31. The topological polar surface area (TPSA) is 57.2 Å². The van der Waals surface area contributed by atoms with Gasteiger partial charge in [0.05, 0.1) is 28.4 Å². The molecule has 118 valence electrons. The van der Waals surface area contributed by atoms with Crippen molar-refractivity contribution in [2.24, 2.45) is 0 Å². The van der Waals surface area contributed by atoms with Crippen LogP contribution in [0.5, 0.6) is 0 Å². The maximum absolute atomic E-state index is 12.2. The summed E-state index contributed by atoms with van der Waals surface area (Å²) in [6.45, 7) is 0.430. The van der Waals surface area contributed by atoms with Crippen molar-refractivity contribution < 1.29 is 9.53 Å². The van der Waals surface area contributed by atoms with Crippen molar-refractivity contribution in [1.29, 1.82) is 0 Å². The van der Waals surface area contributed by atoms with E-state index in [1.807, 2.05) is 34.9 Å². The molecule has 1 aromatic heterocycles. The van der Waals surface area contributed by atoms with Crippen molar-refractivity contribution >= 4 is 45.8 Å². The van der Waals surface area contributed by atoms with Gasteiger partial charge in [-0.1, -0.05) is 47.5 Å². The van der Waals surface area contributed by atoms with Crippen molar-refractivity contribution in [3.05, 3.63) is 63.8 Å². The molecular formula is C17H14Cl2N2O2. The Morgan fingerprint density at radius 2 is 1.91 bits per heavy atom. The summed E-state index contributed by atoms with van der Waals surface area (Å²) < 4.78 is 6.71. The third-order valence-corrected chi connectivity index (χ3v) is 4.45. The van der Waals surface area contributed by atoms with E-state index in [9.17, 15) is 4.79 Å². The molecule has 0 saturated heterocycles. The van der Waals surface area contributed by atoms with Gasteiger partial charge < -0.3 is 15.0 Å². The predicted molar refractivity (Wildman–Crippen MR) is 93.3 cm³/mol. The molecule has 0 bridgehead atoms. The van der Waals surface area contributed by atoms with Gasteiger partial charge in [-0.3, -0.25) is 0 Å². The van der Waals surface area contributed by atoms with Crippen LogP contribution in [0.15, 0.2) is 42.5 Å². The highest BCUT2D eigenvalue weighted by atomic mass is 35.5. The molecule has 0 radical (unpaired) electrons. The molecular weight excluding hydrogens is 335 g/mol. The second-order valence-corrected chi connectivity index (χ2v) is 5.92.